The molecule has 2 aliphatic rings. The number of hydrogen-bond acceptors (Lipinski definition) is 5. The maximum atomic E-state index is 13.5. The number of aromatic nitrogens is 3. The van der Waals surface area contributed by atoms with Crippen molar-refractivity contribution in [3.8, 4) is 0 Å². The van der Waals surface area contributed by atoms with Crippen LogP contribution in [0.4, 0.5) is 16.3 Å². The fourth-order valence-electron chi connectivity index (χ4n) is 4.04. The Morgan fingerprint density at radius 1 is 0.967 bits per heavy atom. The van der Waals surface area contributed by atoms with Gasteiger partial charge in [0.25, 0.3) is 5.95 Å². The lowest BCUT2D eigenvalue weighted by Gasteiger charge is -2.31. The summed E-state index contributed by atoms with van der Waals surface area (Å²) in [6.45, 7) is 2.03. The highest BCUT2D eigenvalue weighted by Crippen LogP contribution is 2.39. The maximum absolute atomic E-state index is 13.5. The molecule has 0 unspecified atom stereocenters. The van der Waals surface area contributed by atoms with Crippen LogP contribution in [0.25, 0.3) is 0 Å². The van der Waals surface area contributed by atoms with Crippen molar-refractivity contribution in [3.63, 3.8) is 0 Å². The summed E-state index contributed by atoms with van der Waals surface area (Å²) in [5.74, 6) is -0.339. The van der Waals surface area contributed by atoms with Crippen LogP contribution in [0.1, 0.15) is 48.0 Å². The summed E-state index contributed by atoms with van der Waals surface area (Å²) < 4.78 is 15.2. The molecule has 2 aromatic carbocycles. The van der Waals surface area contributed by atoms with E-state index in [1.165, 1.54) is 17.7 Å². The van der Waals surface area contributed by atoms with E-state index in [1.54, 1.807) is 16.8 Å². The predicted octanol–water partition coefficient (Wildman–Crippen LogP) is 3.53. The average Bonchev–Trinajstić information content (AvgIpc) is 3.30. The number of nitrogens with one attached hydrogen (secondary N) is 1. The first-order valence-corrected chi connectivity index (χ1v) is 9.90. The van der Waals surface area contributed by atoms with Crippen LogP contribution in [0.5, 0.6) is 0 Å². The summed E-state index contributed by atoms with van der Waals surface area (Å²) in [5.41, 5.74) is 3.14. The molecule has 7 nitrogen and oxygen atoms in total. The van der Waals surface area contributed by atoms with Crippen LogP contribution in [0, 0.1) is 12.7 Å². The molecule has 152 valence electrons. The maximum Gasteiger partial charge on any atom is 0.260 e. The zero-order valence-corrected chi connectivity index (χ0v) is 16.4. The number of fused-ring (bicyclic) bond motifs is 1. The first kappa shape index (κ1) is 18.5. The predicted molar refractivity (Wildman–Crippen MR) is 108 cm³/mol. The van der Waals surface area contributed by atoms with Crippen LogP contribution < -0.4 is 10.2 Å². The van der Waals surface area contributed by atoms with Gasteiger partial charge >= 0.3 is 0 Å². The monoisotopic (exact) mass is 405 g/mol. The minimum atomic E-state index is -0.310. The van der Waals surface area contributed by atoms with E-state index in [-0.39, 0.29) is 48.5 Å². The Balaban J connectivity index is 1.57. The van der Waals surface area contributed by atoms with Gasteiger partial charge in [-0.15, -0.1) is 5.10 Å². The van der Waals surface area contributed by atoms with Crippen molar-refractivity contribution in [2.45, 2.75) is 38.3 Å². The number of halogens is 1. The third-order valence-electron chi connectivity index (χ3n) is 5.66. The minimum Gasteiger partial charge on any atom is -0.347 e. The summed E-state index contributed by atoms with van der Waals surface area (Å²) in [4.78, 5) is 29.8. The number of aryl methyl sites for hydroxylation is 1. The van der Waals surface area contributed by atoms with Crippen LogP contribution in [-0.2, 0) is 9.59 Å². The van der Waals surface area contributed by atoms with Crippen LogP contribution in [-0.4, -0.2) is 26.6 Å². The Bertz CT molecular complexity index is 1110. The van der Waals surface area contributed by atoms with Gasteiger partial charge in [0, 0.05) is 12.8 Å². The van der Waals surface area contributed by atoms with Gasteiger partial charge in [-0.25, -0.2) is 14.0 Å². The van der Waals surface area contributed by atoms with Crippen molar-refractivity contribution < 1.29 is 14.0 Å². The molecule has 1 N–H and O–H groups in total. The molecule has 30 heavy (non-hydrogen) atoms. The number of carbonyl (C=O) groups excluding carboxylic acids is 2. The van der Waals surface area contributed by atoms with E-state index in [2.05, 4.69) is 39.7 Å². The Kier molecular flexibility index (Phi) is 4.34. The zero-order chi connectivity index (χ0) is 20.8. The highest BCUT2D eigenvalue weighted by Gasteiger charge is 2.37. The molecule has 0 aliphatic carbocycles. The number of carbonyl (C=O) groups is 2. The van der Waals surface area contributed by atoms with Crippen LogP contribution in [0.3, 0.4) is 0 Å². The smallest absolute Gasteiger partial charge is 0.260 e. The quantitative estimate of drug-likeness (QED) is 0.675. The topological polar surface area (TPSA) is 80.1 Å². The molecular formula is C22H20FN5O2. The molecule has 3 aromatic rings. The third-order valence-corrected chi connectivity index (χ3v) is 5.66. The Morgan fingerprint density at radius 3 is 2.27 bits per heavy atom. The number of rotatable bonds is 3. The van der Waals surface area contributed by atoms with E-state index >= 15 is 0 Å². The molecule has 8 heteroatoms. The second-order valence-electron chi connectivity index (χ2n) is 7.71. The van der Waals surface area contributed by atoms with Gasteiger partial charge in [-0.3, -0.25) is 9.59 Å². The van der Waals surface area contributed by atoms with Crippen molar-refractivity contribution >= 4 is 23.7 Å². The van der Waals surface area contributed by atoms with Gasteiger partial charge in [-0.05, 0) is 36.6 Å². The van der Waals surface area contributed by atoms with Gasteiger partial charge in [0.2, 0.25) is 17.8 Å². The standard InChI is InChI=1S/C22H20FN5O2/c1-13-2-4-14(5-3-13)17-12-18(15-6-8-16(23)9-7-15)28-21(24-17)25-22(26-28)27-19(29)10-11-20(27)30/h2-9,17-18H,10-12H2,1H3,(H,24,25,26)/t17-,18-/m1/s1. The molecule has 3 heterocycles. The molecule has 0 spiro atoms. The zero-order valence-electron chi connectivity index (χ0n) is 16.4. The summed E-state index contributed by atoms with van der Waals surface area (Å²) in [5, 5.41) is 7.87. The van der Waals surface area contributed by atoms with Gasteiger partial charge < -0.3 is 5.32 Å². The normalized spacial score (nSPS) is 20.9. The van der Waals surface area contributed by atoms with Crippen molar-refractivity contribution in [1.29, 1.82) is 0 Å². The number of anilines is 2. The van der Waals surface area contributed by atoms with Crippen molar-refractivity contribution in [1.82, 2.24) is 14.8 Å². The number of nitrogens with zero attached hydrogens (tertiary/aromatic N) is 4. The van der Waals surface area contributed by atoms with Gasteiger partial charge in [0.15, 0.2) is 0 Å². The highest BCUT2D eigenvalue weighted by atomic mass is 19.1. The molecule has 0 saturated carbocycles. The highest BCUT2D eigenvalue weighted by molar-refractivity contribution is 6.18. The Hall–Kier alpha value is -3.55. The van der Waals surface area contributed by atoms with Crippen LogP contribution in [0.2, 0.25) is 0 Å². The molecule has 0 bridgehead atoms. The lowest BCUT2D eigenvalue weighted by atomic mass is 9.93. The first-order chi connectivity index (χ1) is 14.5. The average molecular weight is 405 g/mol. The lowest BCUT2D eigenvalue weighted by Crippen LogP contribution is -2.30. The summed E-state index contributed by atoms with van der Waals surface area (Å²) >= 11 is 0. The molecule has 0 radical (unpaired) electrons. The number of hydrogen-bond donors (Lipinski definition) is 1. The fraction of sp³-hybridized carbons (Fsp3) is 0.273. The van der Waals surface area contributed by atoms with E-state index in [9.17, 15) is 14.0 Å². The second kappa shape index (κ2) is 7.05. The van der Waals surface area contributed by atoms with E-state index in [0.717, 1.165) is 16.0 Å². The fourth-order valence-corrected chi connectivity index (χ4v) is 4.04. The van der Waals surface area contributed by atoms with Crippen molar-refractivity contribution in [2.24, 2.45) is 0 Å². The van der Waals surface area contributed by atoms with Crippen LogP contribution >= 0.6 is 0 Å². The third kappa shape index (κ3) is 3.14. The largest absolute Gasteiger partial charge is 0.347 e. The molecule has 1 saturated heterocycles. The Morgan fingerprint density at radius 2 is 1.60 bits per heavy atom. The first-order valence-electron chi connectivity index (χ1n) is 9.90. The van der Waals surface area contributed by atoms with E-state index in [0.29, 0.717) is 12.4 Å². The van der Waals surface area contributed by atoms with E-state index < -0.39 is 0 Å². The van der Waals surface area contributed by atoms with Gasteiger partial charge in [0.1, 0.15) is 5.82 Å². The SMILES string of the molecule is Cc1ccc([C@H]2C[C@H](c3ccc(F)cc3)n3nc(N4C(=O)CCC4=O)nc3N2)cc1. The molecular weight excluding hydrogens is 385 g/mol. The van der Waals surface area contributed by atoms with E-state index in [1.807, 2.05) is 6.92 Å². The summed E-state index contributed by atoms with van der Waals surface area (Å²) in [6.07, 6.45) is 0.999. The van der Waals surface area contributed by atoms with E-state index in [4.69, 9.17) is 0 Å². The molecule has 2 aliphatic heterocycles. The van der Waals surface area contributed by atoms with Crippen molar-refractivity contribution in [3.05, 3.63) is 71.0 Å². The molecule has 1 aromatic heterocycles. The number of imide groups is 1. The second-order valence-corrected chi connectivity index (χ2v) is 7.71. The lowest BCUT2D eigenvalue weighted by molar-refractivity contribution is -0.121. The number of amides is 2. The molecule has 2 atom stereocenters. The summed E-state index contributed by atoms with van der Waals surface area (Å²) in [7, 11) is 0. The molecule has 5 rings (SSSR count). The van der Waals surface area contributed by atoms with Gasteiger partial charge in [-0.1, -0.05) is 42.0 Å². The number of benzene rings is 2. The van der Waals surface area contributed by atoms with Crippen LogP contribution in [0.15, 0.2) is 48.5 Å². The minimum absolute atomic E-state index is 0.0461. The molecule has 1 fully saturated rings. The van der Waals surface area contributed by atoms with Crippen molar-refractivity contribution in [2.75, 3.05) is 10.2 Å². The summed E-state index contributed by atoms with van der Waals surface area (Å²) in [6, 6.07) is 14.3. The molecule has 2 amide bonds. The van der Waals surface area contributed by atoms with Gasteiger partial charge in [0.05, 0.1) is 12.1 Å². The Labute approximate surface area is 172 Å². The van der Waals surface area contributed by atoms with Gasteiger partial charge in [-0.2, -0.15) is 4.98 Å².